The maximum atomic E-state index is 11.6. The van der Waals surface area contributed by atoms with E-state index in [1.165, 1.54) is 0 Å². The largest absolute Gasteiger partial charge is 0.354 e. The molecule has 0 bridgehead atoms. The van der Waals surface area contributed by atoms with E-state index < -0.39 is 0 Å². The highest BCUT2D eigenvalue weighted by Crippen LogP contribution is 2.10. The van der Waals surface area contributed by atoms with Crippen molar-refractivity contribution in [3.8, 4) is 6.07 Å². The van der Waals surface area contributed by atoms with Crippen LogP contribution < -0.4 is 10.6 Å². The lowest BCUT2D eigenvalue weighted by Crippen LogP contribution is -2.35. The minimum absolute atomic E-state index is 0.142. The van der Waals surface area contributed by atoms with E-state index in [-0.39, 0.29) is 24.7 Å². The van der Waals surface area contributed by atoms with E-state index in [1.54, 1.807) is 24.3 Å². The first-order chi connectivity index (χ1) is 9.11. The van der Waals surface area contributed by atoms with E-state index in [4.69, 9.17) is 16.9 Å². The Balaban J connectivity index is 2.22. The van der Waals surface area contributed by atoms with Crippen molar-refractivity contribution in [2.75, 3.05) is 13.1 Å². The summed E-state index contributed by atoms with van der Waals surface area (Å²) in [6, 6.07) is 8.82. The summed E-state index contributed by atoms with van der Waals surface area (Å²) in [4.78, 5) is 22.5. The summed E-state index contributed by atoms with van der Waals surface area (Å²) >= 11 is 5.81. The SMILES string of the molecule is N#CCC(=O)NCCNC(=O)Cc1cccc(Cl)c1. The fraction of sp³-hybridized carbons (Fsp3) is 0.308. The molecule has 0 heterocycles. The molecule has 0 fully saturated rings. The van der Waals surface area contributed by atoms with Gasteiger partial charge in [-0.05, 0) is 17.7 Å². The molecule has 0 aliphatic rings. The van der Waals surface area contributed by atoms with Gasteiger partial charge in [-0.25, -0.2) is 0 Å². The minimum Gasteiger partial charge on any atom is -0.354 e. The first-order valence-electron chi connectivity index (χ1n) is 5.76. The van der Waals surface area contributed by atoms with Gasteiger partial charge in [0.25, 0.3) is 0 Å². The molecule has 1 aromatic carbocycles. The van der Waals surface area contributed by atoms with Gasteiger partial charge >= 0.3 is 0 Å². The lowest BCUT2D eigenvalue weighted by Gasteiger charge is -2.06. The van der Waals surface area contributed by atoms with Crippen LogP contribution in [0.5, 0.6) is 0 Å². The van der Waals surface area contributed by atoms with Crippen LogP contribution in [-0.4, -0.2) is 24.9 Å². The van der Waals surface area contributed by atoms with Crippen LogP contribution in [0.4, 0.5) is 0 Å². The second kappa shape index (κ2) is 8.11. The zero-order valence-corrected chi connectivity index (χ0v) is 11.0. The number of nitrogens with zero attached hydrogens (tertiary/aromatic N) is 1. The quantitative estimate of drug-likeness (QED) is 0.763. The number of rotatable bonds is 6. The molecular formula is C13H14ClN3O2. The molecule has 2 amide bonds. The summed E-state index contributed by atoms with van der Waals surface area (Å²) in [5.74, 6) is -0.483. The Morgan fingerprint density at radius 3 is 2.53 bits per heavy atom. The van der Waals surface area contributed by atoms with Crippen LogP contribution in [0.1, 0.15) is 12.0 Å². The summed E-state index contributed by atoms with van der Waals surface area (Å²) in [7, 11) is 0. The van der Waals surface area contributed by atoms with Crippen LogP contribution in [0.15, 0.2) is 24.3 Å². The molecule has 0 aliphatic heterocycles. The first kappa shape index (κ1) is 15.0. The summed E-state index contributed by atoms with van der Waals surface area (Å²) < 4.78 is 0. The summed E-state index contributed by atoms with van der Waals surface area (Å²) in [5, 5.41) is 14.1. The molecule has 0 aliphatic carbocycles. The summed E-state index contributed by atoms with van der Waals surface area (Å²) in [6.07, 6.45) is 0.0726. The lowest BCUT2D eigenvalue weighted by atomic mass is 10.1. The van der Waals surface area contributed by atoms with E-state index in [9.17, 15) is 9.59 Å². The smallest absolute Gasteiger partial charge is 0.234 e. The third-order valence-corrected chi connectivity index (χ3v) is 2.50. The number of benzene rings is 1. The Morgan fingerprint density at radius 1 is 1.21 bits per heavy atom. The highest BCUT2D eigenvalue weighted by atomic mass is 35.5. The molecule has 0 radical (unpaired) electrons. The van der Waals surface area contributed by atoms with Crippen molar-refractivity contribution in [1.29, 1.82) is 5.26 Å². The van der Waals surface area contributed by atoms with Gasteiger partial charge in [-0.3, -0.25) is 9.59 Å². The van der Waals surface area contributed by atoms with Gasteiger partial charge in [-0.2, -0.15) is 5.26 Å². The number of carbonyl (C=O) groups is 2. The third-order valence-electron chi connectivity index (χ3n) is 2.26. The number of nitrogens with one attached hydrogen (secondary N) is 2. The van der Waals surface area contributed by atoms with Crippen LogP contribution in [0.25, 0.3) is 0 Å². The standard InChI is InChI=1S/C13H14ClN3O2/c14-11-3-1-2-10(8-11)9-13(19)17-7-6-16-12(18)4-5-15/h1-3,8H,4,6-7,9H2,(H,16,18)(H,17,19). The molecule has 5 nitrogen and oxygen atoms in total. The van der Waals surface area contributed by atoms with Crippen molar-refractivity contribution in [1.82, 2.24) is 10.6 Å². The molecule has 1 aromatic rings. The second-order valence-corrected chi connectivity index (χ2v) is 4.28. The third kappa shape index (κ3) is 6.43. The maximum Gasteiger partial charge on any atom is 0.234 e. The van der Waals surface area contributed by atoms with Crippen molar-refractivity contribution >= 4 is 23.4 Å². The Hall–Kier alpha value is -2.06. The van der Waals surface area contributed by atoms with Crippen molar-refractivity contribution in [3.05, 3.63) is 34.9 Å². The molecule has 0 saturated heterocycles. The normalized spacial score (nSPS) is 9.47. The monoisotopic (exact) mass is 279 g/mol. The van der Waals surface area contributed by atoms with Crippen molar-refractivity contribution < 1.29 is 9.59 Å². The fourth-order valence-corrected chi connectivity index (χ4v) is 1.65. The lowest BCUT2D eigenvalue weighted by molar-refractivity contribution is -0.122. The van der Waals surface area contributed by atoms with Crippen LogP contribution in [0.2, 0.25) is 5.02 Å². The predicted octanol–water partition coefficient (Wildman–Crippen LogP) is 1.03. The Morgan fingerprint density at radius 2 is 1.89 bits per heavy atom. The van der Waals surface area contributed by atoms with Gasteiger partial charge in [0, 0.05) is 18.1 Å². The molecule has 1 rings (SSSR count). The molecule has 100 valence electrons. The van der Waals surface area contributed by atoms with Crippen molar-refractivity contribution in [2.24, 2.45) is 0 Å². The molecule has 0 atom stereocenters. The molecular weight excluding hydrogens is 266 g/mol. The highest BCUT2D eigenvalue weighted by molar-refractivity contribution is 6.30. The Labute approximate surface area is 116 Å². The summed E-state index contributed by atoms with van der Waals surface area (Å²) in [5.41, 5.74) is 0.832. The van der Waals surface area contributed by atoms with Gasteiger partial charge in [0.2, 0.25) is 11.8 Å². The molecule has 0 saturated carbocycles. The highest BCUT2D eigenvalue weighted by Gasteiger charge is 2.04. The van der Waals surface area contributed by atoms with Crippen LogP contribution in [0.3, 0.4) is 0 Å². The van der Waals surface area contributed by atoms with Gasteiger partial charge in [0.15, 0.2) is 0 Å². The maximum absolute atomic E-state index is 11.6. The molecule has 0 unspecified atom stereocenters. The average molecular weight is 280 g/mol. The van der Waals surface area contributed by atoms with E-state index in [1.807, 2.05) is 6.07 Å². The van der Waals surface area contributed by atoms with Crippen LogP contribution in [-0.2, 0) is 16.0 Å². The summed E-state index contributed by atoms with van der Waals surface area (Å²) in [6.45, 7) is 0.637. The predicted molar refractivity (Wildman–Crippen MR) is 71.4 cm³/mol. The first-order valence-corrected chi connectivity index (χ1v) is 6.14. The minimum atomic E-state index is -0.341. The van der Waals surface area contributed by atoms with Gasteiger partial charge in [-0.1, -0.05) is 23.7 Å². The number of halogens is 1. The topological polar surface area (TPSA) is 82.0 Å². The van der Waals surface area contributed by atoms with Gasteiger partial charge in [-0.15, -0.1) is 0 Å². The second-order valence-electron chi connectivity index (χ2n) is 3.84. The van der Waals surface area contributed by atoms with E-state index in [0.29, 0.717) is 18.1 Å². The van der Waals surface area contributed by atoms with E-state index in [0.717, 1.165) is 5.56 Å². The molecule has 0 aromatic heterocycles. The van der Waals surface area contributed by atoms with Gasteiger partial charge in [0.1, 0.15) is 6.42 Å². The Bertz CT molecular complexity index is 497. The van der Waals surface area contributed by atoms with Gasteiger partial charge in [0.05, 0.1) is 12.5 Å². The average Bonchev–Trinajstić information content (AvgIpc) is 2.35. The Kier molecular flexibility index (Phi) is 6.41. The fourth-order valence-electron chi connectivity index (χ4n) is 1.43. The number of hydrogen-bond acceptors (Lipinski definition) is 3. The molecule has 0 spiro atoms. The van der Waals surface area contributed by atoms with E-state index >= 15 is 0 Å². The van der Waals surface area contributed by atoms with Crippen molar-refractivity contribution in [2.45, 2.75) is 12.8 Å². The zero-order valence-electron chi connectivity index (χ0n) is 10.3. The van der Waals surface area contributed by atoms with Gasteiger partial charge < -0.3 is 10.6 Å². The zero-order chi connectivity index (χ0) is 14.1. The number of nitriles is 1. The number of hydrogen-bond donors (Lipinski definition) is 2. The molecule has 6 heteroatoms. The molecule has 19 heavy (non-hydrogen) atoms. The van der Waals surface area contributed by atoms with Crippen molar-refractivity contribution in [3.63, 3.8) is 0 Å². The number of amides is 2. The van der Waals surface area contributed by atoms with E-state index in [2.05, 4.69) is 10.6 Å². The van der Waals surface area contributed by atoms with Crippen LogP contribution >= 0.6 is 11.6 Å². The number of carbonyl (C=O) groups excluding carboxylic acids is 2. The molecule has 2 N–H and O–H groups in total. The van der Waals surface area contributed by atoms with Crippen LogP contribution in [0, 0.1) is 11.3 Å².